The van der Waals surface area contributed by atoms with Gasteiger partial charge in [-0.2, -0.15) is 18.2 Å². The van der Waals surface area contributed by atoms with Crippen LogP contribution in [0.4, 0.5) is 17.6 Å². The molecule has 0 bridgehead atoms. The normalized spacial score (nSPS) is 19.0. The van der Waals surface area contributed by atoms with E-state index in [0.29, 0.717) is 30.2 Å². The van der Waals surface area contributed by atoms with Crippen molar-refractivity contribution < 1.29 is 22.1 Å². The Bertz CT molecular complexity index is 773. The number of halogens is 4. The molecule has 0 amide bonds. The number of hydrogen-bond acceptors (Lipinski definition) is 4. The molecule has 3 rings (SSSR count). The van der Waals surface area contributed by atoms with Gasteiger partial charge < -0.3 is 4.52 Å². The molecule has 1 aliphatic rings. The van der Waals surface area contributed by atoms with E-state index in [1.54, 1.807) is 0 Å². The zero-order valence-corrected chi connectivity index (χ0v) is 15.4. The largest absolute Gasteiger partial charge is 0.416 e. The topological polar surface area (TPSA) is 42.2 Å². The summed E-state index contributed by atoms with van der Waals surface area (Å²) in [6.07, 6.45) is -2.01. The SMILES string of the molecule is CC(C)Cc1noc(C2CCCN(Cc3ccc(C(F)(F)F)cc3F)C2)n1. The van der Waals surface area contributed by atoms with E-state index in [2.05, 4.69) is 24.0 Å². The third-order valence-corrected chi connectivity index (χ3v) is 4.70. The lowest BCUT2D eigenvalue weighted by atomic mass is 9.97. The van der Waals surface area contributed by atoms with Gasteiger partial charge in [0.2, 0.25) is 5.89 Å². The van der Waals surface area contributed by atoms with Crippen LogP contribution in [0.2, 0.25) is 0 Å². The highest BCUT2D eigenvalue weighted by atomic mass is 19.4. The Morgan fingerprint density at radius 1 is 1.30 bits per heavy atom. The van der Waals surface area contributed by atoms with Gasteiger partial charge in [0.25, 0.3) is 0 Å². The van der Waals surface area contributed by atoms with Crippen molar-refractivity contribution in [3.05, 3.63) is 46.9 Å². The Hall–Kier alpha value is -1.96. The Labute approximate surface area is 155 Å². The van der Waals surface area contributed by atoms with Gasteiger partial charge in [-0.05, 0) is 37.4 Å². The van der Waals surface area contributed by atoms with Crippen LogP contribution >= 0.6 is 0 Å². The monoisotopic (exact) mass is 385 g/mol. The third-order valence-electron chi connectivity index (χ3n) is 4.70. The summed E-state index contributed by atoms with van der Waals surface area (Å²) in [5, 5.41) is 4.02. The van der Waals surface area contributed by atoms with Crippen LogP contribution in [-0.2, 0) is 19.1 Å². The molecule has 27 heavy (non-hydrogen) atoms. The van der Waals surface area contributed by atoms with Crippen LogP contribution in [0.15, 0.2) is 22.7 Å². The van der Waals surface area contributed by atoms with Crippen LogP contribution in [0.1, 0.15) is 55.4 Å². The predicted molar refractivity (Wildman–Crippen MR) is 91.5 cm³/mol. The summed E-state index contributed by atoms with van der Waals surface area (Å²) in [7, 11) is 0. The fourth-order valence-electron chi connectivity index (χ4n) is 3.37. The van der Waals surface area contributed by atoms with Crippen LogP contribution in [0.3, 0.4) is 0 Å². The Morgan fingerprint density at radius 3 is 2.74 bits per heavy atom. The van der Waals surface area contributed by atoms with Crippen molar-refractivity contribution >= 4 is 0 Å². The summed E-state index contributed by atoms with van der Waals surface area (Å²) < 4.78 is 57.5. The van der Waals surface area contributed by atoms with Gasteiger partial charge in [-0.25, -0.2) is 4.39 Å². The molecular weight excluding hydrogens is 362 g/mol. The molecule has 1 aliphatic heterocycles. The first kappa shape index (κ1) is 19.8. The van der Waals surface area contributed by atoms with Crippen LogP contribution in [-0.4, -0.2) is 28.1 Å². The first-order chi connectivity index (χ1) is 12.7. The first-order valence-corrected chi connectivity index (χ1v) is 9.13. The summed E-state index contributed by atoms with van der Waals surface area (Å²) >= 11 is 0. The highest BCUT2D eigenvalue weighted by Crippen LogP contribution is 2.31. The highest BCUT2D eigenvalue weighted by molar-refractivity contribution is 5.26. The average molecular weight is 385 g/mol. The molecule has 2 heterocycles. The highest BCUT2D eigenvalue weighted by Gasteiger charge is 2.32. The minimum Gasteiger partial charge on any atom is -0.339 e. The van der Waals surface area contributed by atoms with Crippen LogP contribution in [0.25, 0.3) is 0 Å². The summed E-state index contributed by atoms with van der Waals surface area (Å²) in [5.41, 5.74) is -0.710. The van der Waals surface area contributed by atoms with E-state index in [4.69, 9.17) is 4.52 Å². The van der Waals surface area contributed by atoms with Gasteiger partial charge in [0.15, 0.2) is 5.82 Å². The molecule has 1 saturated heterocycles. The van der Waals surface area contributed by atoms with Gasteiger partial charge in [0, 0.05) is 25.1 Å². The Balaban J connectivity index is 1.65. The maximum absolute atomic E-state index is 14.1. The molecule has 4 nitrogen and oxygen atoms in total. The maximum Gasteiger partial charge on any atom is 0.416 e. The molecule has 0 saturated carbocycles. The molecular formula is C19H23F4N3O. The van der Waals surface area contributed by atoms with Gasteiger partial charge in [-0.3, -0.25) is 4.90 Å². The number of rotatable bonds is 5. The van der Waals surface area contributed by atoms with Crippen molar-refractivity contribution in [2.75, 3.05) is 13.1 Å². The van der Waals surface area contributed by atoms with Crippen LogP contribution < -0.4 is 0 Å². The molecule has 1 aromatic heterocycles. The fourth-order valence-corrected chi connectivity index (χ4v) is 3.37. The zero-order chi connectivity index (χ0) is 19.6. The van der Waals surface area contributed by atoms with Gasteiger partial charge in [0.05, 0.1) is 11.5 Å². The minimum absolute atomic E-state index is 0.0599. The summed E-state index contributed by atoms with van der Waals surface area (Å²) in [4.78, 5) is 6.49. The fraction of sp³-hybridized carbons (Fsp3) is 0.579. The average Bonchev–Trinajstić information content (AvgIpc) is 3.04. The Kier molecular flexibility index (Phi) is 5.83. The smallest absolute Gasteiger partial charge is 0.339 e. The quantitative estimate of drug-likeness (QED) is 0.693. The minimum atomic E-state index is -4.54. The lowest BCUT2D eigenvalue weighted by Gasteiger charge is -2.31. The molecule has 1 unspecified atom stereocenters. The molecule has 0 spiro atoms. The number of aromatic nitrogens is 2. The summed E-state index contributed by atoms with van der Waals surface area (Å²) in [6.45, 7) is 5.79. The molecule has 1 atom stereocenters. The predicted octanol–water partition coefficient (Wildman–Crippen LogP) is 4.81. The van der Waals surface area contributed by atoms with Gasteiger partial charge >= 0.3 is 6.18 Å². The second-order valence-electron chi connectivity index (χ2n) is 7.53. The van der Waals surface area contributed by atoms with Crippen molar-refractivity contribution in [1.82, 2.24) is 15.0 Å². The van der Waals surface area contributed by atoms with Crippen molar-refractivity contribution in [2.45, 2.75) is 51.7 Å². The van der Waals surface area contributed by atoms with Crippen molar-refractivity contribution in [1.29, 1.82) is 0 Å². The standard InChI is InChI=1S/C19H23F4N3O/c1-12(2)8-17-24-18(27-25-17)14-4-3-7-26(11-14)10-13-5-6-15(9-16(13)20)19(21,22)23/h5-6,9,12,14H,3-4,7-8,10-11H2,1-2H3. The molecule has 1 aromatic carbocycles. The Morgan fingerprint density at radius 2 is 2.07 bits per heavy atom. The van der Waals surface area contributed by atoms with E-state index in [1.807, 2.05) is 4.90 Å². The number of benzene rings is 1. The summed E-state index contributed by atoms with van der Waals surface area (Å²) in [5.74, 6) is 0.934. The molecule has 0 aliphatic carbocycles. The van der Waals surface area contributed by atoms with E-state index in [-0.39, 0.29) is 18.0 Å². The van der Waals surface area contributed by atoms with E-state index < -0.39 is 17.6 Å². The molecule has 0 N–H and O–H groups in total. The molecule has 2 aromatic rings. The van der Waals surface area contributed by atoms with E-state index >= 15 is 0 Å². The lowest BCUT2D eigenvalue weighted by Crippen LogP contribution is -2.34. The van der Waals surface area contributed by atoms with Crippen molar-refractivity contribution in [3.8, 4) is 0 Å². The number of likely N-dealkylation sites (tertiary alicyclic amines) is 1. The van der Waals surface area contributed by atoms with E-state index in [1.165, 1.54) is 6.07 Å². The molecule has 148 valence electrons. The lowest BCUT2D eigenvalue weighted by molar-refractivity contribution is -0.137. The third kappa shape index (κ3) is 5.06. The maximum atomic E-state index is 14.1. The van der Waals surface area contributed by atoms with Crippen molar-refractivity contribution in [2.24, 2.45) is 5.92 Å². The first-order valence-electron chi connectivity index (χ1n) is 9.13. The molecule has 0 radical (unpaired) electrons. The van der Waals surface area contributed by atoms with Gasteiger partial charge in [-0.15, -0.1) is 0 Å². The molecule has 8 heteroatoms. The zero-order valence-electron chi connectivity index (χ0n) is 15.4. The van der Waals surface area contributed by atoms with Crippen LogP contribution in [0, 0.1) is 11.7 Å². The second-order valence-corrected chi connectivity index (χ2v) is 7.53. The number of nitrogens with zero attached hydrogens (tertiary/aromatic N) is 3. The number of hydrogen-bond donors (Lipinski definition) is 0. The number of piperidine rings is 1. The van der Waals surface area contributed by atoms with Gasteiger partial charge in [-0.1, -0.05) is 25.1 Å². The van der Waals surface area contributed by atoms with Gasteiger partial charge in [0.1, 0.15) is 5.82 Å². The van der Waals surface area contributed by atoms with Crippen LogP contribution in [0.5, 0.6) is 0 Å². The number of alkyl halides is 3. The van der Waals surface area contributed by atoms with Crippen molar-refractivity contribution in [3.63, 3.8) is 0 Å². The summed E-state index contributed by atoms with van der Waals surface area (Å²) in [6, 6.07) is 2.71. The second kappa shape index (κ2) is 7.96. The van der Waals surface area contributed by atoms with E-state index in [0.717, 1.165) is 31.9 Å². The van der Waals surface area contributed by atoms with E-state index in [9.17, 15) is 17.6 Å². The molecule has 1 fully saturated rings.